The molecule has 0 saturated carbocycles. The average molecular weight is 382 g/mol. The number of halogens is 2. The SMILES string of the molecule is CCCC(C)N(C)S(=O)(=O)c1cc(Br)cc(C(=O)O)c1F. The van der Waals surface area contributed by atoms with E-state index < -0.39 is 32.3 Å². The van der Waals surface area contributed by atoms with E-state index in [2.05, 4.69) is 15.9 Å². The van der Waals surface area contributed by atoms with E-state index in [0.717, 1.165) is 22.9 Å². The van der Waals surface area contributed by atoms with Crippen LogP contribution in [0.1, 0.15) is 37.0 Å². The van der Waals surface area contributed by atoms with E-state index in [-0.39, 0.29) is 10.5 Å². The number of carboxylic acid groups (broad SMARTS) is 1. The van der Waals surface area contributed by atoms with Gasteiger partial charge in [0.2, 0.25) is 10.0 Å². The Kier molecular flexibility index (Phi) is 5.89. The third kappa shape index (κ3) is 3.81. The van der Waals surface area contributed by atoms with Gasteiger partial charge in [-0.05, 0) is 25.5 Å². The second kappa shape index (κ2) is 6.85. The van der Waals surface area contributed by atoms with E-state index >= 15 is 0 Å². The molecule has 0 aliphatic heterocycles. The van der Waals surface area contributed by atoms with Crippen LogP contribution in [0.25, 0.3) is 0 Å². The lowest BCUT2D eigenvalue weighted by Crippen LogP contribution is -2.35. The Hall–Kier alpha value is -0.990. The Morgan fingerprint density at radius 3 is 2.52 bits per heavy atom. The van der Waals surface area contributed by atoms with Gasteiger partial charge in [-0.2, -0.15) is 4.31 Å². The Bertz CT molecular complexity index is 648. The second-order valence-corrected chi connectivity index (χ2v) is 7.61. The number of rotatable bonds is 6. The van der Waals surface area contributed by atoms with Crippen molar-refractivity contribution in [2.24, 2.45) is 0 Å². The third-order valence-electron chi connectivity index (χ3n) is 3.22. The van der Waals surface area contributed by atoms with E-state index in [4.69, 9.17) is 5.11 Å². The van der Waals surface area contributed by atoms with Crippen molar-refractivity contribution in [1.29, 1.82) is 0 Å². The monoisotopic (exact) mass is 381 g/mol. The quantitative estimate of drug-likeness (QED) is 0.821. The lowest BCUT2D eigenvalue weighted by Gasteiger charge is -2.24. The maximum absolute atomic E-state index is 14.2. The van der Waals surface area contributed by atoms with E-state index in [1.165, 1.54) is 7.05 Å². The molecule has 0 aliphatic carbocycles. The molecule has 0 amide bonds. The van der Waals surface area contributed by atoms with Gasteiger partial charge >= 0.3 is 5.97 Å². The molecule has 118 valence electrons. The van der Waals surface area contributed by atoms with Crippen LogP contribution in [0, 0.1) is 5.82 Å². The summed E-state index contributed by atoms with van der Waals surface area (Å²) >= 11 is 3.01. The van der Waals surface area contributed by atoms with E-state index in [1.807, 2.05) is 6.92 Å². The molecule has 1 N–H and O–H groups in total. The topological polar surface area (TPSA) is 74.7 Å². The lowest BCUT2D eigenvalue weighted by atomic mass is 10.2. The summed E-state index contributed by atoms with van der Waals surface area (Å²) in [6.07, 6.45) is 1.40. The van der Waals surface area contributed by atoms with Gasteiger partial charge in [0.15, 0.2) is 5.82 Å². The van der Waals surface area contributed by atoms with Crippen LogP contribution < -0.4 is 0 Å². The molecular weight excluding hydrogens is 365 g/mol. The first-order valence-corrected chi connectivity index (χ1v) is 8.56. The summed E-state index contributed by atoms with van der Waals surface area (Å²) in [7, 11) is -2.75. The fourth-order valence-corrected chi connectivity index (χ4v) is 4.01. The first-order valence-electron chi connectivity index (χ1n) is 6.33. The molecule has 0 spiro atoms. The maximum Gasteiger partial charge on any atom is 0.338 e. The summed E-state index contributed by atoms with van der Waals surface area (Å²) < 4.78 is 40.4. The van der Waals surface area contributed by atoms with Gasteiger partial charge in [-0.3, -0.25) is 0 Å². The number of benzene rings is 1. The zero-order valence-electron chi connectivity index (χ0n) is 11.9. The highest BCUT2D eigenvalue weighted by Crippen LogP contribution is 2.27. The summed E-state index contributed by atoms with van der Waals surface area (Å²) in [6.45, 7) is 3.63. The van der Waals surface area contributed by atoms with Gasteiger partial charge in [-0.15, -0.1) is 0 Å². The Morgan fingerprint density at radius 2 is 2.05 bits per heavy atom. The van der Waals surface area contributed by atoms with Gasteiger partial charge in [-0.1, -0.05) is 29.3 Å². The normalized spacial score (nSPS) is 13.4. The minimum atomic E-state index is -4.10. The number of carbonyl (C=O) groups is 1. The predicted molar refractivity (Wildman–Crippen MR) is 80.4 cm³/mol. The molecule has 0 bridgehead atoms. The smallest absolute Gasteiger partial charge is 0.338 e. The second-order valence-electron chi connectivity index (χ2n) is 4.73. The number of hydrogen-bond acceptors (Lipinski definition) is 3. The van der Waals surface area contributed by atoms with Crippen molar-refractivity contribution in [3.05, 3.63) is 28.0 Å². The van der Waals surface area contributed by atoms with Gasteiger partial charge in [0.1, 0.15) is 4.90 Å². The number of aromatic carboxylic acids is 1. The molecule has 0 radical (unpaired) electrons. The van der Waals surface area contributed by atoms with Gasteiger partial charge in [-0.25, -0.2) is 17.6 Å². The molecule has 1 rings (SSSR count). The highest BCUT2D eigenvalue weighted by Gasteiger charge is 2.30. The van der Waals surface area contributed by atoms with Crippen LogP contribution in [-0.4, -0.2) is 36.9 Å². The summed E-state index contributed by atoms with van der Waals surface area (Å²) in [4.78, 5) is 10.4. The van der Waals surface area contributed by atoms with Crippen LogP contribution in [0.5, 0.6) is 0 Å². The summed E-state index contributed by atoms with van der Waals surface area (Å²) in [6, 6.07) is 1.80. The molecule has 1 unspecified atom stereocenters. The minimum absolute atomic E-state index is 0.191. The standard InChI is InChI=1S/C13H17BrFNO4S/c1-4-5-8(2)16(3)21(19,20)11-7-9(14)6-10(12(11)15)13(17)18/h6-8H,4-5H2,1-3H3,(H,17,18). The first kappa shape index (κ1) is 18.1. The van der Waals surface area contributed by atoms with Crippen LogP contribution in [0.4, 0.5) is 4.39 Å². The van der Waals surface area contributed by atoms with Crippen LogP contribution >= 0.6 is 15.9 Å². The van der Waals surface area contributed by atoms with Crippen LogP contribution in [0.3, 0.4) is 0 Å². The van der Waals surface area contributed by atoms with Crippen molar-refractivity contribution in [2.45, 2.75) is 37.6 Å². The number of hydrogen-bond donors (Lipinski definition) is 1. The van der Waals surface area contributed by atoms with Crippen molar-refractivity contribution >= 4 is 31.9 Å². The number of nitrogens with zero attached hydrogens (tertiary/aromatic N) is 1. The predicted octanol–water partition coefficient (Wildman–Crippen LogP) is 3.10. The zero-order valence-corrected chi connectivity index (χ0v) is 14.3. The van der Waals surface area contributed by atoms with Gasteiger partial charge in [0.25, 0.3) is 0 Å². The van der Waals surface area contributed by atoms with Crippen molar-refractivity contribution < 1.29 is 22.7 Å². The van der Waals surface area contributed by atoms with E-state index in [9.17, 15) is 17.6 Å². The summed E-state index contributed by atoms with van der Waals surface area (Å²) in [5.74, 6) is -2.77. The molecular formula is C13H17BrFNO4S. The fourth-order valence-electron chi connectivity index (χ4n) is 1.90. The summed E-state index contributed by atoms with van der Waals surface area (Å²) in [5, 5.41) is 8.94. The highest BCUT2D eigenvalue weighted by atomic mass is 79.9. The van der Waals surface area contributed by atoms with Gasteiger partial charge < -0.3 is 5.11 Å². The molecule has 0 fully saturated rings. The Morgan fingerprint density at radius 1 is 1.48 bits per heavy atom. The van der Waals surface area contributed by atoms with Crippen LogP contribution in [-0.2, 0) is 10.0 Å². The molecule has 1 atom stereocenters. The van der Waals surface area contributed by atoms with Crippen molar-refractivity contribution in [2.75, 3.05) is 7.05 Å². The molecule has 0 aliphatic rings. The molecule has 1 aromatic rings. The van der Waals surface area contributed by atoms with Crippen molar-refractivity contribution in [1.82, 2.24) is 4.31 Å². The highest BCUT2D eigenvalue weighted by molar-refractivity contribution is 9.10. The van der Waals surface area contributed by atoms with E-state index in [0.29, 0.717) is 6.42 Å². The maximum atomic E-state index is 14.2. The number of carboxylic acids is 1. The third-order valence-corrected chi connectivity index (χ3v) is 5.65. The molecule has 8 heteroatoms. The van der Waals surface area contributed by atoms with Crippen LogP contribution in [0.2, 0.25) is 0 Å². The fraction of sp³-hybridized carbons (Fsp3) is 0.462. The van der Waals surface area contributed by atoms with Gasteiger partial charge in [0.05, 0.1) is 5.56 Å². The van der Waals surface area contributed by atoms with Crippen molar-refractivity contribution in [3.63, 3.8) is 0 Å². The molecule has 5 nitrogen and oxygen atoms in total. The largest absolute Gasteiger partial charge is 0.478 e. The first-order chi connectivity index (χ1) is 9.62. The molecule has 0 heterocycles. The minimum Gasteiger partial charge on any atom is -0.478 e. The Labute approximate surface area is 131 Å². The average Bonchev–Trinajstić information content (AvgIpc) is 2.39. The molecule has 1 aromatic carbocycles. The van der Waals surface area contributed by atoms with Gasteiger partial charge in [0, 0.05) is 17.6 Å². The molecule has 0 saturated heterocycles. The van der Waals surface area contributed by atoms with Crippen molar-refractivity contribution in [3.8, 4) is 0 Å². The molecule has 21 heavy (non-hydrogen) atoms. The number of sulfonamides is 1. The summed E-state index contributed by atoms with van der Waals surface area (Å²) in [5.41, 5.74) is -0.681. The van der Waals surface area contributed by atoms with E-state index in [1.54, 1.807) is 6.92 Å². The molecule has 0 aromatic heterocycles. The zero-order chi connectivity index (χ0) is 16.4. The Balaban J connectivity index is 3.42. The lowest BCUT2D eigenvalue weighted by molar-refractivity contribution is 0.0691. The van der Waals surface area contributed by atoms with Crippen LogP contribution in [0.15, 0.2) is 21.5 Å².